The Kier molecular flexibility index (Phi) is 7.76. The highest BCUT2D eigenvalue weighted by Gasteiger charge is 2.27. The number of carbonyl (C=O) groups is 2. The third-order valence-electron chi connectivity index (χ3n) is 4.54. The number of carboxylic acid groups (broad SMARTS) is 1. The second-order valence-electron chi connectivity index (χ2n) is 7.00. The Bertz CT molecular complexity index is 335. The van der Waals surface area contributed by atoms with Crippen LogP contribution in [0.3, 0.4) is 0 Å². The SMILES string of the molecule is CC(C)CC[C@H](C(=O)O)[C@H](C)CC(=O)NC1CCCCC1. The number of rotatable bonds is 8. The van der Waals surface area contributed by atoms with E-state index >= 15 is 0 Å². The van der Waals surface area contributed by atoms with E-state index in [2.05, 4.69) is 19.2 Å². The lowest BCUT2D eigenvalue weighted by molar-refractivity contribution is -0.144. The second kappa shape index (κ2) is 9.06. The van der Waals surface area contributed by atoms with Gasteiger partial charge in [0.2, 0.25) is 5.91 Å². The maximum Gasteiger partial charge on any atom is 0.306 e. The number of carbonyl (C=O) groups excluding carboxylic acids is 1. The van der Waals surface area contributed by atoms with E-state index < -0.39 is 11.9 Å². The average Bonchev–Trinajstić information content (AvgIpc) is 2.38. The summed E-state index contributed by atoms with van der Waals surface area (Å²) in [7, 11) is 0. The Morgan fingerprint density at radius 1 is 1.10 bits per heavy atom. The van der Waals surface area contributed by atoms with E-state index in [1.807, 2.05) is 6.92 Å². The first-order valence-corrected chi connectivity index (χ1v) is 8.42. The number of amides is 1. The first-order valence-electron chi connectivity index (χ1n) is 8.42. The molecule has 0 aliphatic heterocycles. The van der Waals surface area contributed by atoms with Crippen LogP contribution >= 0.6 is 0 Å². The predicted molar refractivity (Wildman–Crippen MR) is 84.0 cm³/mol. The molecule has 0 unspecified atom stereocenters. The van der Waals surface area contributed by atoms with Gasteiger partial charge in [0.1, 0.15) is 0 Å². The van der Waals surface area contributed by atoms with Crippen molar-refractivity contribution in [3.63, 3.8) is 0 Å². The van der Waals surface area contributed by atoms with Gasteiger partial charge >= 0.3 is 5.97 Å². The van der Waals surface area contributed by atoms with Crippen molar-refractivity contribution in [3.05, 3.63) is 0 Å². The largest absolute Gasteiger partial charge is 0.481 e. The molecule has 1 aliphatic carbocycles. The summed E-state index contributed by atoms with van der Waals surface area (Å²) in [6.45, 7) is 6.08. The van der Waals surface area contributed by atoms with Crippen molar-refractivity contribution in [2.75, 3.05) is 0 Å². The minimum atomic E-state index is -0.770. The molecular formula is C17H31NO3. The number of aliphatic carboxylic acids is 1. The molecule has 0 aromatic carbocycles. The number of hydrogen-bond donors (Lipinski definition) is 2. The highest BCUT2D eigenvalue weighted by Crippen LogP contribution is 2.24. The molecule has 4 nitrogen and oxygen atoms in total. The Morgan fingerprint density at radius 2 is 1.71 bits per heavy atom. The van der Waals surface area contributed by atoms with Crippen LogP contribution in [0.5, 0.6) is 0 Å². The van der Waals surface area contributed by atoms with E-state index in [4.69, 9.17) is 0 Å². The van der Waals surface area contributed by atoms with Gasteiger partial charge in [-0.25, -0.2) is 0 Å². The van der Waals surface area contributed by atoms with Crippen LogP contribution in [0.1, 0.15) is 72.1 Å². The third kappa shape index (κ3) is 6.96. The van der Waals surface area contributed by atoms with Gasteiger partial charge in [-0.05, 0) is 31.1 Å². The molecule has 1 rings (SSSR count). The average molecular weight is 297 g/mol. The van der Waals surface area contributed by atoms with Gasteiger partial charge in [-0.1, -0.05) is 46.5 Å². The summed E-state index contributed by atoms with van der Waals surface area (Å²) in [6, 6.07) is 0.303. The van der Waals surface area contributed by atoms with Crippen molar-refractivity contribution in [3.8, 4) is 0 Å². The van der Waals surface area contributed by atoms with Gasteiger partial charge in [0.15, 0.2) is 0 Å². The Balaban J connectivity index is 2.41. The van der Waals surface area contributed by atoms with E-state index in [1.165, 1.54) is 19.3 Å². The van der Waals surface area contributed by atoms with Crippen molar-refractivity contribution >= 4 is 11.9 Å². The molecular weight excluding hydrogens is 266 g/mol. The summed E-state index contributed by atoms with van der Waals surface area (Å²) in [6.07, 6.45) is 7.64. The van der Waals surface area contributed by atoms with Crippen molar-refractivity contribution < 1.29 is 14.7 Å². The number of carboxylic acids is 1. The standard InChI is InChI=1S/C17H31NO3/c1-12(2)9-10-15(17(20)21)13(3)11-16(19)18-14-7-5-4-6-8-14/h12-15H,4-11H2,1-3H3,(H,18,19)(H,20,21)/t13-,15+/m1/s1. The van der Waals surface area contributed by atoms with E-state index in [0.717, 1.165) is 19.3 Å². The summed E-state index contributed by atoms with van der Waals surface area (Å²) >= 11 is 0. The molecule has 1 fully saturated rings. The summed E-state index contributed by atoms with van der Waals surface area (Å²) in [5, 5.41) is 12.4. The fraction of sp³-hybridized carbons (Fsp3) is 0.882. The molecule has 122 valence electrons. The van der Waals surface area contributed by atoms with Crippen LogP contribution in [-0.4, -0.2) is 23.0 Å². The zero-order valence-electron chi connectivity index (χ0n) is 13.7. The van der Waals surface area contributed by atoms with Crippen molar-refractivity contribution in [2.24, 2.45) is 17.8 Å². The van der Waals surface area contributed by atoms with Crippen LogP contribution in [-0.2, 0) is 9.59 Å². The maximum atomic E-state index is 12.1. The lowest BCUT2D eigenvalue weighted by Crippen LogP contribution is -2.38. The summed E-state index contributed by atoms with van der Waals surface area (Å²) in [5.74, 6) is -0.775. The highest BCUT2D eigenvalue weighted by atomic mass is 16.4. The van der Waals surface area contributed by atoms with Crippen molar-refractivity contribution in [2.45, 2.75) is 78.2 Å². The molecule has 2 atom stereocenters. The van der Waals surface area contributed by atoms with Gasteiger partial charge in [0, 0.05) is 12.5 Å². The van der Waals surface area contributed by atoms with E-state index in [0.29, 0.717) is 24.8 Å². The van der Waals surface area contributed by atoms with Crippen LogP contribution in [0.4, 0.5) is 0 Å². The molecule has 0 heterocycles. The fourth-order valence-corrected chi connectivity index (χ4v) is 3.13. The van der Waals surface area contributed by atoms with Gasteiger partial charge in [-0.2, -0.15) is 0 Å². The molecule has 0 spiro atoms. The molecule has 0 aromatic heterocycles. The third-order valence-corrected chi connectivity index (χ3v) is 4.54. The predicted octanol–water partition coefficient (Wildman–Crippen LogP) is 3.60. The molecule has 2 N–H and O–H groups in total. The van der Waals surface area contributed by atoms with Gasteiger partial charge in [0.05, 0.1) is 5.92 Å². The minimum Gasteiger partial charge on any atom is -0.481 e. The van der Waals surface area contributed by atoms with Gasteiger partial charge in [-0.15, -0.1) is 0 Å². The van der Waals surface area contributed by atoms with Gasteiger partial charge in [0.25, 0.3) is 0 Å². The topological polar surface area (TPSA) is 66.4 Å². The molecule has 0 saturated heterocycles. The van der Waals surface area contributed by atoms with Crippen molar-refractivity contribution in [1.29, 1.82) is 0 Å². The molecule has 21 heavy (non-hydrogen) atoms. The highest BCUT2D eigenvalue weighted by molar-refractivity contribution is 5.78. The van der Waals surface area contributed by atoms with E-state index in [1.54, 1.807) is 0 Å². The molecule has 1 amide bonds. The summed E-state index contributed by atoms with van der Waals surface area (Å²) in [4.78, 5) is 23.5. The zero-order valence-corrected chi connectivity index (χ0v) is 13.7. The lowest BCUT2D eigenvalue weighted by Gasteiger charge is -2.25. The minimum absolute atomic E-state index is 0.0187. The smallest absolute Gasteiger partial charge is 0.306 e. The molecule has 1 aliphatic rings. The first kappa shape index (κ1) is 18.0. The monoisotopic (exact) mass is 297 g/mol. The second-order valence-corrected chi connectivity index (χ2v) is 7.00. The zero-order chi connectivity index (χ0) is 15.8. The molecule has 0 aromatic rings. The van der Waals surface area contributed by atoms with Gasteiger partial charge < -0.3 is 10.4 Å². The Morgan fingerprint density at radius 3 is 2.24 bits per heavy atom. The summed E-state index contributed by atoms with van der Waals surface area (Å²) in [5.41, 5.74) is 0. The van der Waals surface area contributed by atoms with Crippen LogP contribution in [0.2, 0.25) is 0 Å². The van der Waals surface area contributed by atoms with E-state index in [-0.39, 0.29) is 11.8 Å². The quantitative estimate of drug-likeness (QED) is 0.719. The van der Waals surface area contributed by atoms with Crippen LogP contribution in [0.15, 0.2) is 0 Å². The fourth-order valence-electron chi connectivity index (χ4n) is 3.13. The first-order chi connectivity index (χ1) is 9.90. The summed E-state index contributed by atoms with van der Waals surface area (Å²) < 4.78 is 0. The molecule has 4 heteroatoms. The van der Waals surface area contributed by atoms with Crippen LogP contribution in [0.25, 0.3) is 0 Å². The van der Waals surface area contributed by atoms with Gasteiger partial charge in [-0.3, -0.25) is 9.59 Å². The van der Waals surface area contributed by atoms with Crippen LogP contribution < -0.4 is 5.32 Å². The number of nitrogens with one attached hydrogen (secondary N) is 1. The molecule has 0 radical (unpaired) electrons. The Hall–Kier alpha value is -1.06. The van der Waals surface area contributed by atoms with E-state index in [9.17, 15) is 14.7 Å². The van der Waals surface area contributed by atoms with Crippen molar-refractivity contribution in [1.82, 2.24) is 5.32 Å². The molecule has 1 saturated carbocycles. The molecule has 0 bridgehead atoms. The van der Waals surface area contributed by atoms with Crippen LogP contribution in [0, 0.1) is 17.8 Å². The number of hydrogen-bond acceptors (Lipinski definition) is 2. The normalized spacial score (nSPS) is 19.2. The maximum absolute atomic E-state index is 12.1. The lowest BCUT2D eigenvalue weighted by atomic mass is 9.85. The Labute approximate surface area is 128 Å².